The molecule has 2 aliphatic rings. The number of thioether (sulfide) groups is 1. The van der Waals surface area contributed by atoms with Gasteiger partial charge >= 0.3 is 0 Å². The minimum atomic E-state index is -1.12. The molecule has 1 unspecified atom stereocenters. The average molecular weight is 458 g/mol. The van der Waals surface area contributed by atoms with Crippen molar-refractivity contribution in [3.8, 4) is 18.2 Å². The van der Waals surface area contributed by atoms with Crippen LogP contribution in [0.2, 0.25) is 0 Å². The number of aromatic nitrogens is 2. The van der Waals surface area contributed by atoms with Crippen LogP contribution in [0.3, 0.4) is 0 Å². The van der Waals surface area contributed by atoms with Crippen LogP contribution in [0.5, 0.6) is 5.88 Å². The number of carbonyl (C=O) groups excluding carboxylic acids is 1. The molecule has 11 heteroatoms. The molecule has 1 aromatic carbocycles. The van der Waals surface area contributed by atoms with Crippen LogP contribution >= 0.6 is 11.8 Å². The molecular weight excluding hydrogens is 438 g/mol. The van der Waals surface area contributed by atoms with Crippen molar-refractivity contribution >= 4 is 28.5 Å². The first-order valence-corrected chi connectivity index (χ1v) is 10.5. The molecule has 1 aliphatic carbocycles. The second kappa shape index (κ2) is 8.03. The number of aliphatic imine (C=N–C) groups is 1. The molecule has 1 fully saturated rings. The van der Waals surface area contributed by atoms with Crippen molar-refractivity contribution in [1.29, 1.82) is 0 Å². The predicted molar refractivity (Wildman–Crippen MR) is 117 cm³/mol. The zero-order valence-corrected chi connectivity index (χ0v) is 17.9. The summed E-state index contributed by atoms with van der Waals surface area (Å²) in [5.41, 5.74) is 10.8. The fourth-order valence-corrected chi connectivity index (χ4v) is 5.37. The Morgan fingerprint density at radius 1 is 1.41 bits per heavy atom. The minimum Gasteiger partial charge on any atom is -0.463 e. The summed E-state index contributed by atoms with van der Waals surface area (Å²) in [6.07, 6.45) is 8.21. The number of anilines is 1. The Balaban J connectivity index is 1.62. The largest absolute Gasteiger partial charge is 0.463 e. The van der Waals surface area contributed by atoms with Gasteiger partial charge < -0.3 is 21.5 Å². The number of hydrogen-bond donors (Lipinski definition) is 3. The van der Waals surface area contributed by atoms with Gasteiger partial charge in [-0.25, -0.2) is 18.7 Å². The average Bonchev–Trinajstić information content (AvgIpc) is 3.50. The molecule has 3 atom stereocenters. The van der Waals surface area contributed by atoms with E-state index in [2.05, 4.69) is 26.2 Å². The topological polar surface area (TPSA) is 129 Å². The van der Waals surface area contributed by atoms with Gasteiger partial charge in [-0.1, -0.05) is 17.7 Å². The summed E-state index contributed by atoms with van der Waals surface area (Å²) in [6.45, 7) is 2.05. The second-order valence-corrected chi connectivity index (χ2v) is 9.17. The van der Waals surface area contributed by atoms with Crippen LogP contribution in [0, 0.1) is 29.9 Å². The van der Waals surface area contributed by atoms with E-state index in [1.807, 2.05) is 0 Å². The highest BCUT2D eigenvalue weighted by Crippen LogP contribution is 2.65. The van der Waals surface area contributed by atoms with Gasteiger partial charge in [0.05, 0.1) is 17.9 Å². The van der Waals surface area contributed by atoms with Crippen LogP contribution in [-0.4, -0.2) is 38.9 Å². The number of nitrogens with two attached hydrogens (primary N) is 2. The number of terminal acetylenes is 1. The monoisotopic (exact) mass is 458 g/mol. The number of amidine groups is 1. The Morgan fingerprint density at radius 3 is 2.84 bits per heavy atom. The number of halogens is 2. The lowest BCUT2D eigenvalue weighted by Crippen LogP contribution is -2.39. The molecule has 32 heavy (non-hydrogen) atoms. The number of fused-ring (bicyclic) bond motifs is 1. The first kappa shape index (κ1) is 22.0. The van der Waals surface area contributed by atoms with Crippen LogP contribution in [-0.2, 0) is 5.54 Å². The molecule has 2 heterocycles. The molecule has 0 saturated heterocycles. The van der Waals surface area contributed by atoms with E-state index in [4.69, 9.17) is 22.6 Å². The molecule has 0 radical (unpaired) electrons. The number of nitrogens with one attached hydrogen (secondary N) is 1. The lowest BCUT2D eigenvalue weighted by atomic mass is 9.85. The zero-order chi connectivity index (χ0) is 23.1. The fourth-order valence-electron chi connectivity index (χ4n) is 4.01. The fraction of sp³-hybridized carbons (Fsp3) is 0.333. The summed E-state index contributed by atoms with van der Waals surface area (Å²) >= 11 is 1.37. The van der Waals surface area contributed by atoms with Gasteiger partial charge in [-0.3, -0.25) is 9.79 Å². The third kappa shape index (κ3) is 3.76. The molecule has 1 amide bonds. The molecule has 4 rings (SSSR count). The van der Waals surface area contributed by atoms with E-state index in [0.717, 1.165) is 6.07 Å². The Labute approximate surface area is 187 Å². The molecule has 1 saturated carbocycles. The quantitative estimate of drug-likeness (QED) is 0.565. The highest BCUT2D eigenvalue weighted by atomic mass is 32.2. The molecular formula is C21H20F2N6O2S. The van der Waals surface area contributed by atoms with E-state index >= 15 is 0 Å². The second-order valence-electron chi connectivity index (χ2n) is 7.73. The molecule has 0 spiro atoms. The Hall–Kier alpha value is -3.23. The molecule has 1 aromatic heterocycles. The first-order valence-electron chi connectivity index (χ1n) is 9.66. The summed E-state index contributed by atoms with van der Waals surface area (Å²) in [5.74, 6) is -0.489. The highest BCUT2D eigenvalue weighted by molar-refractivity contribution is 8.15. The third-order valence-electron chi connectivity index (χ3n) is 5.69. The molecule has 0 bridgehead atoms. The SMILES string of the molecule is C#CCOc1cnc(C(=O)Nc2cc(F)c(F)c([C@@]3(C)N=C(N)S[C@@]4(CN)CC43)c2)cn1. The van der Waals surface area contributed by atoms with Gasteiger partial charge in [0.1, 0.15) is 5.69 Å². The third-order valence-corrected chi connectivity index (χ3v) is 7.02. The minimum absolute atomic E-state index is 0.000455. The number of rotatable bonds is 6. The maximum Gasteiger partial charge on any atom is 0.275 e. The molecule has 2 aromatic rings. The first-order chi connectivity index (χ1) is 15.2. The maximum absolute atomic E-state index is 14.9. The highest BCUT2D eigenvalue weighted by Gasteiger charge is 2.66. The van der Waals surface area contributed by atoms with Crippen molar-refractivity contribution in [2.75, 3.05) is 18.5 Å². The van der Waals surface area contributed by atoms with Crippen molar-refractivity contribution in [2.24, 2.45) is 22.4 Å². The smallest absolute Gasteiger partial charge is 0.275 e. The van der Waals surface area contributed by atoms with Gasteiger partial charge in [0.25, 0.3) is 5.91 Å². The van der Waals surface area contributed by atoms with Crippen molar-refractivity contribution in [3.05, 3.63) is 47.4 Å². The Bertz CT molecular complexity index is 1150. The summed E-state index contributed by atoms with van der Waals surface area (Å²) < 4.78 is 34.1. The van der Waals surface area contributed by atoms with E-state index in [1.54, 1.807) is 6.92 Å². The molecule has 1 aliphatic heterocycles. The van der Waals surface area contributed by atoms with Gasteiger partial charge in [-0.15, -0.1) is 6.42 Å². The van der Waals surface area contributed by atoms with E-state index in [9.17, 15) is 13.6 Å². The Morgan fingerprint density at radius 2 is 2.19 bits per heavy atom. The predicted octanol–water partition coefficient (Wildman–Crippen LogP) is 2.01. The number of nitrogens with zero attached hydrogens (tertiary/aromatic N) is 3. The van der Waals surface area contributed by atoms with Crippen molar-refractivity contribution in [3.63, 3.8) is 0 Å². The summed E-state index contributed by atoms with van der Waals surface area (Å²) in [6, 6.07) is 2.26. The number of benzene rings is 1. The number of hydrogen-bond acceptors (Lipinski definition) is 8. The van der Waals surface area contributed by atoms with Crippen LogP contribution in [0.15, 0.2) is 29.5 Å². The summed E-state index contributed by atoms with van der Waals surface area (Å²) in [7, 11) is 0. The number of carbonyl (C=O) groups is 1. The summed E-state index contributed by atoms with van der Waals surface area (Å²) in [5, 5.41) is 2.78. The molecule has 166 valence electrons. The van der Waals surface area contributed by atoms with Gasteiger partial charge in [0.15, 0.2) is 23.4 Å². The Kier molecular flexibility index (Phi) is 5.52. The van der Waals surface area contributed by atoms with Gasteiger partial charge in [-0.2, -0.15) is 0 Å². The molecule has 8 nitrogen and oxygen atoms in total. The van der Waals surface area contributed by atoms with Crippen molar-refractivity contribution in [2.45, 2.75) is 23.6 Å². The lowest BCUT2D eigenvalue weighted by molar-refractivity contribution is 0.102. The maximum atomic E-state index is 14.9. The van der Waals surface area contributed by atoms with Gasteiger partial charge in [0, 0.05) is 34.5 Å². The van der Waals surface area contributed by atoms with Crippen molar-refractivity contribution < 1.29 is 18.3 Å². The van der Waals surface area contributed by atoms with Crippen LogP contribution in [0.4, 0.5) is 14.5 Å². The van der Waals surface area contributed by atoms with Crippen LogP contribution in [0.25, 0.3) is 0 Å². The van der Waals surface area contributed by atoms with E-state index in [1.165, 1.54) is 30.2 Å². The van der Waals surface area contributed by atoms with Crippen LogP contribution in [0.1, 0.15) is 29.4 Å². The number of amides is 1. The zero-order valence-electron chi connectivity index (χ0n) is 17.1. The van der Waals surface area contributed by atoms with E-state index in [-0.39, 0.29) is 45.3 Å². The number of ether oxygens (including phenoxy) is 1. The van der Waals surface area contributed by atoms with E-state index < -0.39 is 23.1 Å². The normalized spacial score (nSPS) is 25.8. The van der Waals surface area contributed by atoms with Gasteiger partial charge in [0.2, 0.25) is 5.88 Å². The van der Waals surface area contributed by atoms with Crippen LogP contribution < -0.4 is 21.5 Å². The standard InChI is InChI=1S/C21H20F2N6O2S/c1-3-4-31-16-9-26-14(8-27-16)18(30)28-11-5-12(17(23)13(22)6-11)20(2)15-7-21(15,10-24)32-19(25)29-20/h1,5-6,8-9,15H,4,7,10,24H2,2H3,(H2,25,29)(H,28,30)/t15?,20-,21-/m1/s1. The summed E-state index contributed by atoms with van der Waals surface area (Å²) in [4.78, 5) is 24.9. The molecule has 5 N–H and O–H groups in total. The van der Waals surface area contributed by atoms with E-state index in [0.29, 0.717) is 13.0 Å². The lowest BCUT2D eigenvalue weighted by Gasteiger charge is -2.34. The van der Waals surface area contributed by atoms with Crippen molar-refractivity contribution in [1.82, 2.24) is 9.97 Å². The van der Waals surface area contributed by atoms with Gasteiger partial charge in [-0.05, 0) is 19.4 Å².